The Labute approximate surface area is 159 Å². The molecule has 1 N–H and O–H groups in total. The minimum Gasteiger partial charge on any atom is -0.473 e. The Morgan fingerprint density at radius 2 is 2.11 bits per heavy atom. The highest BCUT2D eigenvalue weighted by atomic mass is 19.1. The summed E-state index contributed by atoms with van der Waals surface area (Å²) < 4.78 is 19.6. The zero-order valence-corrected chi connectivity index (χ0v) is 14.7. The summed E-state index contributed by atoms with van der Waals surface area (Å²) in [6.45, 7) is 2.68. The number of carbonyl (C=O) groups excluding carboxylic acids is 1. The molecule has 1 fully saturated rings. The highest BCUT2D eigenvalue weighted by Crippen LogP contribution is 2.22. The number of carbonyl (C=O) groups is 1. The van der Waals surface area contributed by atoms with Gasteiger partial charge in [0.25, 0.3) is 0 Å². The van der Waals surface area contributed by atoms with E-state index in [9.17, 15) is 14.1 Å². The number of benzene rings is 1. The molecule has 1 aliphatic heterocycles. The summed E-state index contributed by atoms with van der Waals surface area (Å²) in [6.07, 6.45) is 0. The van der Waals surface area contributed by atoms with Gasteiger partial charge in [0.1, 0.15) is 18.2 Å². The third-order valence-corrected chi connectivity index (χ3v) is 4.14. The summed E-state index contributed by atoms with van der Waals surface area (Å²) in [5.74, 6) is -0.986. The zero-order chi connectivity index (χ0) is 19.9. The van der Waals surface area contributed by atoms with Crippen LogP contribution < -0.4 is 15.0 Å². The predicted octanol–water partition coefficient (Wildman–Crippen LogP) is 1.92. The second-order valence-electron chi connectivity index (χ2n) is 5.95. The van der Waals surface area contributed by atoms with Crippen molar-refractivity contribution in [3.8, 4) is 11.9 Å². The normalized spacial score (nSPS) is 13.5. The van der Waals surface area contributed by atoms with Crippen LogP contribution in [0.3, 0.4) is 0 Å². The van der Waals surface area contributed by atoms with Crippen molar-refractivity contribution in [1.82, 2.24) is 10.3 Å². The first-order valence-electron chi connectivity index (χ1n) is 8.44. The molecule has 10 heteroatoms. The van der Waals surface area contributed by atoms with Gasteiger partial charge in [0.2, 0.25) is 5.88 Å². The van der Waals surface area contributed by atoms with Crippen molar-refractivity contribution < 1.29 is 18.8 Å². The summed E-state index contributed by atoms with van der Waals surface area (Å²) in [6, 6.07) is 8.66. The van der Waals surface area contributed by atoms with Gasteiger partial charge in [-0.2, -0.15) is 10.2 Å². The number of hydrogen-bond acceptors (Lipinski definition) is 9. The van der Waals surface area contributed by atoms with Crippen LogP contribution in [0.25, 0.3) is 0 Å². The number of nitrogens with zero attached hydrogens (tertiary/aromatic N) is 4. The molecule has 1 saturated heterocycles. The molecule has 0 saturated carbocycles. The average Bonchev–Trinajstić information content (AvgIpc) is 2.73. The van der Waals surface area contributed by atoms with E-state index in [1.807, 2.05) is 11.0 Å². The molecular weight excluding hydrogens is 369 g/mol. The second kappa shape index (κ2) is 8.88. The van der Waals surface area contributed by atoms with Crippen LogP contribution in [0.15, 0.2) is 35.7 Å². The Balaban J connectivity index is 1.84. The Morgan fingerprint density at radius 1 is 1.32 bits per heavy atom. The lowest BCUT2D eigenvalue weighted by Gasteiger charge is -2.28. The lowest BCUT2D eigenvalue weighted by atomic mass is 10.1. The number of rotatable bonds is 6. The van der Waals surface area contributed by atoms with Crippen LogP contribution >= 0.6 is 0 Å². The minimum absolute atomic E-state index is 0.0402. The van der Waals surface area contributed by atoms with Gasteiger partial charge in [-0.25, -0.2) is 9.18 Å². The van der Waals surface area contributed by atoms with Crippen LogP contribution in [-0.2, 0) is 11.4 Å². The van der Waals surface area contributed by atoms with Crippen LogP contribution in [-0.4, -0.2) is 37.1 Å². The van der Waals surface area contributed by atoms with Crippen LogP contribution in [0.1, 0.15) is 21.5 Å². The maximum Gasteiger partial charge on any atom is 0.369 e. The molecule has 28 heavy (non-hydrogen) atoms. The SMILES string of the molecule is N#Cc1ccc(COc2cc(C(=O)ON=O)cc(N3CCNCC3)n2)c(F)c1. The van der Waals surface area contributed by atoms with E-state index in [1.165, 1.54) is 24.3 Å². The van der Waals surface area contributed by atoms with Gasteiger partial charge >= 0.3 is 5.97 Å². The molecular formula is C18H16FN5O4. The molecule has 0 amide bonds. The van der Waals surface area contributed by atoms with Crippen molar-refractivity contribution in [1.29, 1.82) is 5.26 Å². The van der Waals surface area contributed by atoms with Crippen LogP contribution in [0.2, 0.25) is 0 Å². The van der Waals surface area contributed by atoms with E-state index in [0.29, 0.717) is 18.9 Å². The lowest BCUT2D eigenvalue weighted by molar-refractivity contribution is 0.0507. The fourth-order valence-electron chi connectivity index (χ4n) is 2.71. The fraction of sp³-hybridized carbons (Fsp3) is 0.278. The monoisotopic (exact) mass is 385 g/mol. The third-order valence-electron chi connectivity index (χ3n) is 4.14. The van der Waals surface area contributed by atoms with Crippen molar-refractivity contribution in [2.24, 2.45) is 5.34 Å². The Hall–Kier alpha value is -3.58. The number of aromatic nitrogens is 1. The summed E-state index contributed by atoms with van der Waals surface area (Å²) in [5.41, 5.74) is 0.469. The molecule has 0 atom stereocenters. The molecule has 0 unspecified atom stereocenters. The van der Waals surface area contributed by atoms with Crippen molar-refractivity contribution in [3.63, 3.8) is 0 Å². The molecule has 1 aromatic heterocycles. The first-order chi connectivity index (χ1) is 13.6. The summed E-state index contributed by atoms with van der Waals surface area (Å²) in [4.78, 5) is 32.6. The topological polar surface area (TPSA) is 117 Å². The largest absolute Gasteiger partial charge is 0.473 e. The molecule has 3 rings (SSSR count). The van der Waals surface area contributed by atoms with E-state index in [-0.39, 0.29) is 29.2 Å². The van der Waals surface area contributed by atoms with E-state index in [1.54, 1.807) is 0 Å². The number of anilines is 1. The second-order valence-corrected chi connectivity index (χ2v) is 5.95. The third kappa shape index (κ3) is 4.57. The summed E-state index contributed by atoms with van der Waals surface area (Å²) in [7, 11) is 0. The number of piperazine rings is 1. The highest BCUT2D eigenvalue weighted by Gasteiger charge is 2.18. The smallest absolute Gasteiger partial charge is 0.369 e. The van der Waals surface area contributed by atoms with Crippen molar-refractivity contribution in [2.45, 2.75) is 6.61 Å². The number of hydrogen-bond donors (Lipinski definition) is 1. The standard InChI is InChI=1S/C18H16FN5O4/c19-15-7-12(10-20)1-2-13(15)11-27-17-9-14(18(25)28-23-26)8-16(22-17)24-5-3-21-4-6-24/h1-2,7-9,21H,3-6,11H2. The van der Waals surface area contributed by atoms with E-state index in [4.69, 9.17) is 10.00 Å². The lowest BCUT2D eigenvalue weighted by Crippen LogP contribution is -2.44. The molecule has 1 aromatic carbocycles. The molecule has 0 spiro atoms. The van der Waals surface area contributed by atoms with Gasteiger partial charge in [0.05, 0.1) is 17.2 Å². The molecule has 1 aliphatic rings. The van der Waals surface area contributed by atoms with Gasteiger partial charge in [-0.3, -0.25) is 4.84 Å². The summed E-state index contributed by atoms with van der Waals surface area (Å²) >= 11 is 0. The van der Waals surface area contributed by atoms with Gasteiger partial charge in [-0.05, 0) is 18.2 Å². The van der Waals surface area contributed by atoms with Crippen LogP contribution in [0.4, 0.5) is 10.2 Å². The number of pyridine rings is 1. The van der Waals surface area contributed by atoms with Gasteiger partial charge in [0.15, 0.2) is 5.34 Å². The van der Waals surface area contributed by atoms with E-state index >= 15 is 0 Å². The van der Waals surface area contributed by atoms with Gasteiger partial charge < -0.3 is 15.0 Å². The first-order valence-corrected chi connectivity index (χ1v) is 8.44. The van der Waals surface area contributed by atoms with Gasteiger partial charge in [0, 0.05) is 37.8 Å². The van der Waals surface area contributed by atoms with Crippen LogP contribution in [0, 0.1) is 22.1 Å². The molecule has 0 bridgehead atoms. The summed E-state index contributed by atoms with van der Waals surface area (Å²) in [5, 5.41) is 14.2. The van der Waals surface area contributed by atoms with Gasteiger partial charge in [-0.15, -0.1) is 4.91 Å². The number of halogens is 1. The number of ether oxygens (including phenoxy) is 1. The molecule has 144 valence electrons. The molecule has 0 radical (unpaired) electrons. The molecule has 2 heterocycles. The molecule has 2 aromatic rings. The van der Waals surface area contributed by atoms with Crippen molar-refractivity contribution in [3.05, 3.63) is 57.7 Å². The van der Waals surface area contributed by atoms with Gasteiger partial charge in [-0.1, -0.05) is 6.07 Å². The van der Waals surface area contributed by atoms with E-state index in [0.717, 1.165) is 19.2 Å². The predicted molar refractivity (Wildman–Crippen MR) is 96.0 cm³/mol. The highest BCUT2D eigenvalue weighted by molar-refractivity contribution is 5.90. The Morgan fingerprint density at radius 3 is 2.79 bits per heavy atom. The Kier molecular flexibility index (Phi) is 6.08. The van der Waals surface area contributed by atoms with E-state index < -0.39 is 11.8 Å². The number of nitriles is 1. The van der Waals surface area contributed by atoms with E-state index in [2.05, 4.69) is 20.5 Å². The zero-order valence-electron chi connectivity index (χ0n) is 14.7. The van der Waals surface area contributed by atoms with Crippen molar-refractivity contribution in [2.75, 3.05) is 31.1 Å². The molecule has 9 nitrogen and oxygen atoms in total. The first kappa shape index (κ1) is 19.2. The molecule has 0 aliphatic carbocycles. The van der Waals surface area contributed by atoms with Crippen molar-refractivity contribution >= 4 is 11.8 Å². The average molecular weight is 385 g/mol. The Bertz CT molecular complexity index is 925. The quantitative estimate of drug-likeness (QED) is 0.592. The fourth-order valence-corrected chi connectivity index (χ4v) is 2.71. The van der Waals surface area contributed by atoms with Crippen LogP contribution in [0.5, 0.6) is 5.88 Å². The maximum absolute atomic E-state index is 14.0. The minimum atomic E-state index is -0.941. The maximum atomic E-state index is 14.0. The number of nitrogens with one attached hydrogen (secondary N) is 1.